The Bertz CT molecular complexity index is 1290. The third kappa shape index (κ3) is 6.87. The van der Waals surface area contributed by atoms with Crippen LogP contribution in [0.4, 0.5) is 51.1 Å². The predicted octanol–water partition coefficient (Wildman–Crippen LogP) is 7.08. The molecule has 39 heavy (non-hydrogen) atoms. The van der Waals surface area contributed by atoms with Crippen molar-refractivity contribution in [1.29, 1.82) is 0 Å². The summed E-state index contributed by atoms with van der Waals surface area (Å²) in [4.78, 5) is 29.3. The van der Waals surface area contributed by atoms with Gasteiger partial charge in [-0.05, 0) is 64.8 Å². The van der Waals surface area contributed by atoms with E-state index in [4.69, 9.17) is 4.74 Å². The zero-order chi connectivity index (χ0) is 30.2. The van der Waals surface area contributed by atoms with Crippen LogP contribution in [0.5, 0.6) is 0 Å². The predicted molar refractivity (Wildman–Crippen MR) is 125 cm³/mol. The van der Waals surface area contributed by atoms with Crippen molar-refractivity contribution in [3.63, 3.8) is 0 Å². The van der Waals surface area contributed by atoms with Gasteiger partial charge in [-0.15, -0.1) is 0 Å². The molecule has 0 amide bonds. The first-order chi connectivity index (χ1) is 17.7. The minimum atomic E-state index is -5.41. The van der Waals surface area contributed by atoms with Crippen LogP contribution in [0.3, 0.4) is 0 Å². The molecule has 0 aliphatic heterocycles. The molecule has 0 bridgehead atoms. The quantitative estimate of drug-likeness (QED) is 0.174. The van der Waals surface area contributed by atoms with E-state index in [9.17, 15) is 49.1 Å². The Hall–Kier alpha value is -2.34. The van der Waals surface area contributed by atoms with Gasteiger partial charge < -0.3 is 9.47 Å². The van der Waals surface area contributed by atoms with Gasteiger partial charge in [-0.1, -0.05) is 0 Å². The van der Waals surface area contributed by atoms with E-state index in [1.165, 1.54) is 20.8 Å². The number of halogens is 11. The highest BCUT2D eigenvalue weighted by Crippen LogP contribution is 2.46. The third-order valence-electron chi connectivity index (χ3n) is 4.95. The van der Waals surface area contributed by atoms with Crippen LogP contribution in [-0.2, 0) is 32.8 Å². The molecular formula is C21H18Br2F9N3O4. The van der Waals surface area contributed by atoms with Crippen molar-refractivity contribution >= 4 is 49.5 Å². The van der Waals surface area contributed by atoms with Crippen molar-refractivity contribution in [3.8, 4) is 0 Å². The van der Waals surface area contributed by atoms with E-state index in [0.717, 1.165) is 7.11 Å². The Balaban J connectivity index is 3.27. The van der Waals surface area contributed by atoms with Crippen molar-refractivity contribution in [2.75, 3.05) is 18.6 Å². The molecule has 1 aromatic heterocycles. The van der Waals surface area contributed by atoms with Crippen LogP contribution in [0.25, 0.3) is 0 Å². The largest absolute Gasteiger partial charge is 0.466 e. The number of carbonyl (C=O) groups excluding carboxylic acids is 1. The smallest absolute Gasteiger partial charge is 0.434 e. The minimum Gasteiger partial charge on any atom is -0.466 e. The van der Waals surface area contributed by atoms with Crippen LogP contribution in [0.1, 0.15) is 43.6 Å². The summed E-state index contributed by atoms with van der Waals surface area (Å²) in [5.74, 6) is -2.58. The number of benzene rings is 1. The van der Waals surface area contributed by atoms with Gasteiger partial charge in [0.05, 0.1) is 28.4 Å². The molecule has 2 rings (SSSR count). The first kappa shape index (κ1) is 32.9. The second-order valence-electron chi connectivity index (χ2n) is 7.89. The van der Waals surface area contributed by atoms with Crippen LogP contribution >= 0.6 is 31.9 Å². The Morgan fingerprint density at radius 3 is 1.97 bits per heavy atom. The molecule has 1 atom stereocenters. The number of hydrogen-bond acceptors (Lipinski definition) is 6. The second-order valence-corrected chi connectivity index (χ2v) is 9.48. The second kappa shape index (κ2) is 11.6. The first-order valence-corrected chi connectivity index (χ1v) is 12.1. The van der Waals surface area contributed by atoms with Crippen LogP contribution < -0.4 is 10.5 Å². The number of carbonyl (C=O) groups is 1. The van der Waals surface area contributed by atoms with Crippen LogP contribution in [0, 0.1) is 0 Å². The average Bonchev–Trinajstić information content (AvgIpc) is 2.78. The highest BCUT2D eigenvalue weighted by Gasteiger charge is 2.44. The summed E-state index contributed by atoms with van der Waals surface area (Å²) in [6, 6.07) is -1.17. The molecule has 0 spiro atoms. The molecule has 0 radical (unpaired) electrons. The van der Waals surface area contributed by atoms with Gasteiger partial charge in [0.15, 0.2) is 5.69 Å². The lowest BCUT2D eigenvalue weighted by Crippen LogP contribution is -2.45. The fourth-order valence-corrected chi connectivity index (χ4v) is 4.47. The Labute approximate surface area is 231 Å². The molecule has 2 aromatic rings. The number of esters is 1. The van der Waals surface area contributed by atoms with Gasteiger partial charge in [0.2, 0.25) is 12.2 Å². The Morgan fingerprint density at radius 2 is 1.56 bits per heavy atom. The van der Waals surface area contributed by atoms with E-state index in [1.807, 2.05) is 0 Å². The monoisotopic (exact) mass is 705 g/mol. The molecule has 0 aliphatic rings. The summed E-state index contributed by atoms with van der Waals surface area (Å²) in [6.07, 6.45) is -18.4. The van der Waals surface area contributed by atoms with E-state index < -0.39 is 86.3 Å². The molecule has 0 saturated carbocycles. The number of hydrogen-bond donors (Lipinski definition) is 0. The summed E-state index contributed by atoms with van der Waals surface area (Å²) in [5, 5.41) is 0. The van der Waals surface area contributed by atoms with Crippen LogP contribution in [0.15, 0.2) is 25.9 Å². The molecule has 18 heteroatoms. The maximum absolute atomic E-state index is 13.8. The van der Waals surface area contributed by atoms with E-state index >= 15 is 0 Å². The van der Waals surface area contributed by atoms with Gasteiger partial charge in [0, 0.05) is 12.6 Å². The number of methoxy groups -OCH3 is 1. The zero-order valence-electron chi connectivity index (χ0n) is 20.1. The zero-order valence-corrected chi connectivity index (χ0v) is 23.3. The maximum atomic E-state index is 13.8. The highest BCUT2D eigenvalue weighted by molar-refractivity contribution is 9.11. The number of rotatable bonds is 7. The maximum Gasteiger partial charge on any atom is 0.434 e. The number of aromatic nitrogens is 2. The fraction of sp³-hybridized carbons (Fsp3) is 0.476. The molecule has 1 unspecified atom stereocenters. The van der Waals surface area contributed by atoms with Crippen molar-refractivity contribution in [2.24, 2.45) is 0 Å². The molecule has 1 aromatic carbocycles. The lowest BCUT2D eigenvalue weighted by atomic mass is 10.1. The molecule has 218 valence electrons. The highest BCUT2D eigenvalue weighted by atomic mass is 79.9. The van der Waals surface area contributed by atoms with Crippen LogP contribution in [0.2, 0.25) is 0 Å². The van der Waals surface area contributed by atoms with Crippen molar-refractivity contribution < 1.29 is 53.8 Å². The Kier molecular flexibility index (Phi) is 9.81. The summed E-state index contributed by atoms with van der Waals surface area (Å²) in [5.41, 5.74) is -8.15. The van der Waals surface area contributed by atoms with Gasteiger partial charge in [-0.3, -0.25) is 14.3 Å². The van der Waals surface area contributed by atoms with Gasteiger partial charge in [0.25, 0.3) is 5.56 Å². The molecule has 0 saturated heterocycles. The van der Waals surface area contributed by atoms with Crippen molar-refractivity contribution in [1.82, 2.24) is 9.55 Å². The van der Waals surface area contributed by atoms with E-state index in [-0.39, 0.29) is 17.0 Å². The van der Waals surface area contributed by atoms with E-state index in [0.29, 0.717) is 4.57 Å². The van der Waals surface area contributed by atoms with E-state index in [2.05, 4.69) is 41.6 Å². The minimum absolute atomic E-state index is 0.139. The van der Waals surface area contributed by atoms with E-state index in [1.54, 1.807) is 0 Å². The molecule has 1 heterocycles. The third-order valence-corrected chi connectivity index (χ3v) is 6.50. The summed E-state index contributed by atoms with van der Waals surface area (Å²) < 4.78 is 132. The average molecular weight is 707 g/mol. The summed E-state index contributed by atoms with van der Waals surface area (Å²) in [7, 11) is 0.792. The lowest BCUT2D eigenvalue weighted by molar-refractivity contribution is -0.153. The fourth-order valence-electron chi connectivity index (χ4n) is 3.32. The normalized spacial score (nSPS) is 13.5. The van der Waals surface area contributed by atoms with Gasteiger partial charge in [-0.2, -0.15) is 39.5 Å². The number of nitrogens with zero attached hydrogens (tertiary/aromatic N) is 3. The molecule has 7 nitrogen and oxygen atoms in total. The first-order valence-electron chi connectivity index (χ1n) is 10.5. The topological polar surface area (TPSA) is 73.7 Å². The number of alkyl halides is 9. The molecule has 0 fully saturated rings. The van der Waals surface area contributed by atoms with Gasteiger partial charge in [0.1, 0.15) is 4.47 Å². The lowest BCUT2D eigenvalue weighted by Gasteiger charge is -2.34. The summed E-state index contributed by atoms with van der Waals surface area (Å²) >= 11 is 5.09. The molecule has 0 aliphatic carbocycles. The summed E-state index contributed by atoms with van der Waals surface area (Å²) in [6.45, 7) is 3.41. The molecule has 0 N–H and O–H groups in total. The standard InChI is InChI=1S/C21H18Br2F9N3O4/c1-5-39-16(17(37)38-4)35(11-7-9(19(24,25)26)6-10(12(11)22)20(27,28)29)18-33-14(21(30,31)32)13(23)15(36)34(18)8(2)3/h6-8,16H,5H2,1-4H3. The number of ether oxygens (including phenoxy) is 2. The van der Waals surface area contributed by atoms with Crippen molar-refractivity contribution in [3.05, 3.63) is 48.3 Å². The van der Waals surface area contributed by atoms with Crippen LogP contribution in [-0.4, -0.2) is 35.5 Å². The van der Waals surface area contributed by atoms with Crippen molar-refractivity contribution in [2.45, 2.75) is 51.6 Å². The molecular weight excluding hydrogens is 689 g/mol. The Morgan fingerprint density at radius 1 is 1.00 bits per heavy atom. The van der Waals surface area contributed by atoms with Gasteiger partial charge >= 0.3 is 24.5 Å². The van der Waals surface area contributed by atoms with Gasteiger partial charge in [-0.25, -0.2) is 9.78 Å². The number of anilines is 2. The SMILES string of the molecule is CCOC(C(=O)OC)N(c1cc(C(F)(F)F)cc(C(F)(F)F)c1Br)c1nc(C(F)(F)F)c(Br)c(=O)n1C(C)C.